The molecule has 0 atom stereocenters. The van der Waals surface area contributed by atoms with Crippen molar-refractivity contribution in [3.8, 4) is 11.3 Å². The number of pyridine rings is 1. The van der Waals surface area contributed by atoms with Crippen LogP contribution in [0.25, 0.3) is 16.9 Å². The molecule has 1 amide bonds. The molecule has 8 heteroatoms. The summed E-state index contributed by atoms with van der Waals surface area (Å²) in [6, 6.07) is 8.04. The lowest BCUT2D eigenvalue weighted by atomic mass is 10.2. The molecule has 136 valence electrons. The van der Waals surface area contributed by atoms with E-state index in [1.165, 1.54) is 23.5 Å². The van der Waals surface area contributed by atoms with Crippen LogP contribution in [0.1, 0.15) is 21.7 Å². The molecule has 0 saturated heterocycles. The fourth-order valence-electron chi connectivity index (χ4n) is 2.86. The number of hydrogen-bond acceptors (Lipinski definition) is 4. The second-order valence-corrected chi connectivity index (χ2v) is 7.82. The van der Waals surface area contributed by atoms with Crippen LogP contribution < -0.4 is 5.32 Å². The number of nitrogens with one attached hydrogen (secondary N) is 1. The van der Waals surface area contributed by atoms with E-state index in [9.17, 15) is 9.18 Å². The molecule has 0 aliphatic heterocycles. The fraction of sp³-hybridized carbons (Fsp3) is 0.105. The number of thiazole rings is 1. The molecule has 0 unspecified atom stereocenters. The number of rotatable bonds is 3. The van der Waals surface area contributed by atoms with Crippen LogP contribution in [0.3, 0.4) is 0 Å². The van der Waals surface area contributed by atoms with Gasteiger partial charge in [-0.2, -0.15) is 0 Å². The molecule has 1 aromatic carbocycles. The number of aryl methyl sites for hydroxylation is 2. The number of hydrogen-bond donors (Lipinski definition) is 1. The van der Waals surface area contributed by atoms with Crippen molar-refractivity contribution in [3.05, 3.63) is 69.1 Å². The average molecular weight is 445 g/mol. The van der Waals surface area contributed by atoms with E-state index in [4.69, 9.17) is 0 Å². The topological polar surface area (TPSA) is 59.3 Å². The molecule has 4 rings (SSSR count). The summed E-state index contributed by atoms with van der Waals surface area (Å²) in [5, 5.41) is 5.13. The van der Waals surface area contributed by atoms with Crippen LogP contribution in [0.5, 0.6) is 0 Å². The zero-order valence-electron chi connectivity index (χ0n) is 14.5. The van der Waals surface area contributed by atoms with Crippen LogP contribution in [0, 0.1) is 19.7 Å². The van der Waals surface area contributed by atoms with Crippen LogP contribution in [0.2, 0.25) is 0 Å². The van der Waals surface area contributed by atoms with Gasteiger partial charge in [-0.25, -0.2) is 14.4 Å². The number of halogens is 2. The molecule has 3 heterocycles. The van der Waals surface area contributed by atoms with Gasteiger partial charge in [0.2, 0.25) is 0 Å². The SMILES string of the molecule is Cc1cc(Br)c2nc(C)c(C(=O)Nc3nc(-c4ccc(F)cc4)cs3)n2c1. The van der Waals surface area contributed by atoms with Gasteiger partial charge in [0.05, 0.1) is 15.9 Å². The highest BCUT2D eigenvalue weighted by atomic mass is 79.9. The molecule has 4 aromatic rings. The van der Waals surface area contributed by atoms with Crippen LogP contribution in [0.15, 0.2) is 46.4 Å². The maximum absolute atomic E-state index is 13.1. The average Bonchev–Trinajstić information content (AvgIpc) is 3.19. The van der Waals surface area contributed by atoms with E-state index < -0.39 is 0 Å². The summed E-state index contributed by atoms with van der Waals surface area (Å²) in [6.07, 6.45) is 1.88. The zero-order chi connectivity index (χ0) is 19.1. The van der Waals surface area contributed by atoms with Crippen LogP contribution in [-0.2, 0) is 0 Å². The van der Waals surface area contributed by atoms with Crippen LogP contribution in [0.4, 0.5) is 9.52 Å². The Morgan fingerprint density at radius 3 is 2.70 bits per heavy atom. The number of imidazole rings is 1. The second-order valence-electron chi connectivity index (χ2n) is 6.10. The Kier molecular flexibility index (Phi) is 4.53. The van der Waals surface area contributed by atoms with Crippen LogP contribution in [-0.4, -0.2) is 20.3 Å². The molecular formula is C19H14BrFN4OS. The molecular weight excluding hydrogens is 431 g/mol. The molecule has 27 heavy (non-hydrogen) atoms. The Morgan fingerprint density at radius 2 is 1.96 bits per heavy atom. The van der Waals surface area contributed by atoms with E-state index in [0.29, 0.717) is 27.9 Å². The lowest BCUT2D eigenvalue weighted by molar-refractivity contribution is 0.102. The predicted molar refractivity (Wildman–Crippen MR) is 108 cm³/mol. The minimum atomic E-state index is -0.299. The maximum Gasteiger partial charge on any atom is 0.276 e. The van der Waals surface area contributed by atoms with Crippen molar-refractivity contribution in [3.63, 3.8) is 0 Å². The van der Waals surface area contributed by atoms with Gasteiger partial charge in [0.1, 0.15) is 11.5 Å². The quantitative estimate of drug-likeness (QED) is 0.470. The van der Waals surface area contributed by atoms with Crippen molar-refractivity contribution in [1.29, 1.82) is 0 Å². The number of nitrogens with zero attached hydrogens (tertiary/aromatic N) is 3. The van der Waals surface area contributed by atoms with Gasteiger partial charge in [-0.3, -0.25) is 14.5 Å². The third kappa shape index (κ3) is 3.38. The smallest absolute Gasteiger partial charge is 0.276 e. The number of aromatic nitrogens is 3. The second kappa shape index (κ2) is 6.86. The Labute approximate surface area is 167 Å². The highest BCUT2D eigenvalue weighted by Crippen LogP contribution is 2.27. The third-order valence-corrected chi connectivity index (χ3v) is 5.41. The zero-order valence-corrected chi connectivity index (χ0v) is 16.9. The number of fused-ring (bicyclic) bond motifs is 1. The Bertz CT molecular complexity index is 1170. The van der Waals surface area contributed by atoms with E-state index in [-0.39, 0.29) is 11.7 Å². The number of carbonyl (C=O) groups is 1. The molecule has 0 aliphatic rings. The first-order valence-electron chi connectivity index (χ1n) is 8.10. The summed E-state index contributed by atoms with van der Waals surface area (Å²) in [4.78, 5) is 21.8. The van der Waals surface area contributed by atoms with Gasteiger partial charge in [-0.1, -0.05) is 0 Å². The molecule has 0 saturated carbocycles. The van der Waals surface area contributed by atoms with Crippen molar-refractivity contribution in [2.24, 2.45) is 0 Å². The van der Waals surface area contributed by atoms with E-state index in [1.807, 2.05) is 24.6 Å². The Morgan fingerprint density at radius 1 is 1.22 bits per heavy atom. The van der Waals surface area contributed by atoms with E-state index in [2.05, 4.69) is 31.2 Å². The molecule has 0 fully saturated rings. The van der Waals surface area contributed by atoms with Crippen molar-refractivity contribution in [1.82, 2.24) is 14.4 Å². The predicted octanol–water partition coefficient (Wildman–Crippen LogP) is 5.23. The van der Waals surface area contributed by atoms with Gasteiger partial charge < -0.3 is 0 Å². The molecule has 0 radical (unpaired) electrons. The number of amides is 1. The Hall–Kier alpha value is -2.58. The van der Waals surface area contributed by atoms with Gasteiger partial charge in [0.25, 0.3) is 5.91 Å². The summed E-state index contributed by atoms with van der Waals surface area (Å²) in [6.45, 7) is 3.76. The molecule has 0 spiro atoms. The summed E-state index contributed by atoms with van der Waals surface area (Å²) < 4.78 is 15.7. The standard InChI is InChI=1S/C19H14BrFN4OS/c1-10-7-14(20)17-22-11(2)16(25(17)8-10)18(26)24-19-23-15(9-27-19)12-3-5-13(21)6-4-12/h3-9H,1-2H3,(H,23,24,26). The van der Waals surface area contributed by atoms with E-state index in [0.717, 1.165) is 15.6 Å². The lowest BCUT2D eigenvalue weighted by Gasteiger charge is -2.05. The highest BCUT2D eigenvalue weighted by Gasteiger charge is 2.19. The van der Waals surface area contributed by atoms with Gasteiger partial charge in [0.15, 0.2) is 10.8 Å². The normalized spacial score (nSPS) is 11.1. The molecule has 3 aromatic heterocycles. The molecule has 0 aliphatic carbocycles. The summed E-state index contributed by atoms with van der Waals surface area (Å²) >= 11 is 4.81. The number of carbonyl (C=O) groups excluding carboxylic acids is 1. The van der Waals surface area contributed by atoms with Gasteiger partial charge in [-0.05, 0) is 65.7 Å². The molecule has 0 bridgehead atoms. The number of benzene rings is 1. The summed E-state index contributed by atoms with van der Waals surface area (Å²) in [7, 11) is 0. The fourth-order valence-corrected chi connectivity index (χ4v) is 4.22. The highest BCUT2D eigenvalue weighted by molar-refractivity contribution is 9.10. The van der Waals surface area contributed by atoms with Gasteiger partial charge >= 0.3 is 0 Å². The minimum Gasteiger partial charge on any atom is -0.296 e. The Balaban J connectivity index is 1.64. The first-order valence-corrected chi connectivity index (χ1v) is 9.77. The van der Waals surface area contributed by atoms with E-state index >= 15 is 0 Å². The van der Waals surface area contributed by atoms with E-state index in [1.54, 1.807) is 23.5 Å². The van der Waals surface area contributed by atoms with Crippen molar-refractivity contribution in [2.75, 3.05) is 5.32 Å². The molecule has 5 nitrogen and oxygen atoms in total. The summed E-state index contributed by atoms with van der Waals surface area (Å²) in [5.74, 6) is -0.579. The maximum atomic E-state index is 13.1. The van der Waals surface area contributed by atoms with Crippen molar-refractivity contribution >= 4 is 44.0 Å². The number of anilines is 1. The minimum absolute atomic E-state index is 0.280. The van der Waals surface area contributed by atoms with Gasteiger partial charge in [0, 0.05) is 17.1 Å². The summed E-state index contributed by atoms with van der Waals surface area (Å²) in [5.41, 5.74) is 4.27. The lowest BCUT2D eigenvalue weighted by Crippen LogP contribution is -2.15. The van der Waals surface area contributed by atoms with Crippen LogP contribution >= 0.6 is 27.3 Å². The third-order valence-electron chi connectivity index (χ3n) is 4.07. The first kappa shape index (κ1) is 17.8. The monoisotopic (exact) mass is 444 g/mol. The largest absolute Gasteiger partial charge is 0.296 e. The van der Waals surface area contributed by atoms with Gasteiger partial charge in [-0.15, -0.1) is 11.3 Å². The van der Waals surface area contributed by atoms with Crippen molar-refractivity contribution in [2.45, 2.75) is 13.8 Å². The molecule has 1 N–H and O–H groups in total. The first-order chi connectivity index (χ1) is 12.9. The van der Waals surface area contributed by atoms with Crippen molar-refractivity contribution < 1.29 is 9.18 Å².